The topological polar surface area (TPSA) is 119 Å². The summed E-state index contributed by atoms with van der Waals surface area (Å²) >= 11 is 0. The Morgan fingerprint density at radius 1 is 1.57 bits per heavy atom. The molecule has 9 heteroatoms. The van der Waals surface area contributed by atoms with Crippen molar-refractivity contribution in [3.05, 3.63) is 6.20 Å². The van der Waals surface area contributed by atoms with Crippen LogP contribution in [0.4, 0.5) is 5.82 Å². The first-order chi connectivity index (χ1) is 9.83. The highest BCUT2D eigenvalue weighted by atomic mass is 32.2. The summed E-state index contributed by atoms with van der Waals surface area (Å²) in [5.74, 6) is -0.397. The summed E-state index contributed by atoms with van der Waals surface area (Å²) in [6, 6.07) is -0.675. The van der Waals surface area contributed by atoms with Gasteiger partial charge in [-0.2, -0.15) is 9.82 Å². The molecule has 1 unspecified atom stereocenters. The van der Waals surface area contributed by atoms with E-state index in [0.29, 0.717) is 6.54 Å². The zero-order valence-corrected chi connectivity index (χ0v) is 13.0. The molecule has 21 heavy (non-hydrogen) atoms. The predicted octanol–water partition coefficient (Wildman–Crippen LogP) is -0.179. The Morgan fingerprint density at radius 2 is 2.24 bits per heavy atom. The van der Waals surface area contributed by atoms with Crippen molar-refractivity contribution in [1.29, 1.82) is 0 Å². The van der Waals surface area contributed by atoms with E-state index in [2.05, 4.69) is 15.1 Å². The van der Waals surface area contributed by atoms with Crippen molar-refractivity contribution < 1.29 is 13.2 Å². The van der Waals surface area contributed by atoms with Gasteiger partial charge in [-0.1, -0.05) is 6.92 Å². The van der Waals surface area contributed by atoms with Gasteiger partial charge < -0.3 is 11.1 Å². The van der Waals surface area contributed by atoms with E-state index in [1.165, 1.54) is 17.8 Å². The summed E-state index contributed by atoms with van der Waals surface area (Å²) in [5, 5.41) is 6.70. The number of nitrogens with zero attached hydrogens (tertiary/aromatic N) is 2. The van der Waals surface area contributed by atoms with Crippen LogP contribution in [0.1, 0.15) is 33.1 Å². The monoisotopic (exact) mass is 315 g/mol. The maximum Gasteiger partial charge on any atom is 0.246 e. The molecule has 1 aliphatic carbocycles. The fourth-order valence-electron chi connectivity index (χ4n) is 1.87. The Labute approximate surface area is 124 Å². The number of carbonyl (C=O) groups excluding carboxylic acids is 1. The van der Waals surface area contributed by atoms with Crippen LogP contribution in [-0.4, -0.2) is 36.2 Å². The molecule has 1 aromatic rings. The van der Waals surface area contributed by atoms with E-state index >= 15 is 0 Å². The lowest BCUT2D eigenvalue weighted by molar-refractivity contribution is -0.122. The van der Waals surface area contributed by atoms with Crippen molar-refractivity contribution in [3.63, 3.8) is 0 Å². The molecule has 118 valence electrons. The summed E-state index contributed by atoms with van der Waals surface area (Å²) in [4.78, 5) is 11.7. The molecular formula is C12H21N5O3S. The molecule has 0 aromatic carbocycles. The van der Waals surface area contributed by atoms with Crippen LogP contribution in [0.2, 0.25) is 0 Å². The number of nitrogens with one attached hydrogen (secondary N) is 2. The number of sulfonamides is 1. The van der Waals surface area contributed by atoms with Crippen molar-refractivity contribution >= 4 is 21.7 Å². The predicted molar refractivity (Wildman–Crippen MR) is 77.9 cm³/mol. The van der Waals surface area contributed by atoms with E-state index in [9.17, 15) is 13.2 Å². The molecule has 0 saturated heterocycles. The van der Waals surface area contributed by atoms with Crippen molar-refractivity contribution in [1.82, 2.24) is 19.8 Å². The number of amides is 1. The maximum absolute atomic E-state index is 12.3. The second-order valence-electron chi connectivity index (χ2n) is 5.27. The quantitative estimate of drug-likeness (QED) is 0.645. The van der Waals surface area contributed by atoms with E-state index in [-0.39, 0.29) is 22.7 Å². The number of nitrogens with two attached hydrogens (primary N) is 1. The largest absolute Gasteiger partial charge is 0.381 e. The first-order valence-corrected chi connectivity index (χ1v) is 8.47. The molecular weight excluding hydrogens is 294 g/mol. The van der Waals surface area contributed by atoms with Crippen LogP contribution in [0.5, 0.6) is 0 Å². The van der Waals surface area contributed by atoms with Gasteiger partial charge in [0.1, 0.15) is 4.90 Å². The molecule has 2 rings (SSSR count). The molecule has 8 nitrogen and oxygen atoms in total. The fourth-order valence-corrected chi connectivity index (χ4v) is 3.15. The number of rotatable bonds is 7. The first-order valence-electron chi connectivity index (χ1n) is 6.99. The molecule has 1 heterocycles. The zero-order chi connectivity index (χ0) is 15.6. The number of carbonyl (C=O) groups is 1. The number of aromatic nitrogens is 2. The summed E-state index contributed by atoms with van der Waals surface area (Å²) in [6.07, 6.45) is 4.09. The molecule has 0 radical (unpaired) electrons. The van der Waals surface area contributed by atoms with Gasteiger partial charge in [0.15, 0.2) is 5.82 Å². The van der Waals surface area contributed by atoms with Gasteiger partial charge in [-0.05, 0) is 26.2 Å². The van der Waals surface area contributed by atoms with Gasteiger partial charge in [0.2, 0.25) is 15.9 Å². The van der Waals surface area contributed by atoms with Crippen LogP contribution in [0.25, 0.3) is 0 Å². The van der Waals surface area contributed by atoms with Gasteiger partial charge in [0, 0.05) is 18.8 Å². The van der Waals surface area contributed by atoms with Crippen LogP contribution < -0.4 is 15.8 Å². The van der Waals surface area contributed by atoms with Crippen LogP contribution in [0, 0.1) is 0 Å². The summed E-state index contributed by atoms with van der Waals surface area (Å²) in [7, 11) is -3.87. The molecule has 0 spiro atoms. The number of nitrogen functional groups attached to an aromatic ring is 1. The minimum atomic E-state index is -3.87. The summed E-state index contributed by atoms with van der Waals surface area (Å²) in [6.45, 7) is 4.04. The van der Waals surface area contributed by atoms with Gasteiger partial charge in [-0.25, -0.2) is 8.42 Å². The van der Waals surface area contributed by atoms with Gasteiger partial charge in [-0.15, -0.1) is 0 Å². The minimum absolute atomic E-state index is 0.0641. The third-order valence-electron chi connectivity index (χ3n) is 3.15. The standard InChI is InChI=1S/C12H21N5O3S/c1-3-6-17-7-10(11(13)15-17)21(19,20)16-8(2)12(18)14-9-4-5-9/h7-9,16H,3-6H2,1-2H3,(H2,13,15)(H,14,18). The van der Waals surface area contributed by atoms with E-state index in [0.717, 1.165) is 19.3 Å². The summed E-state index contributed by atoms with van der Waals surface area (Å²) in [5.41, 5.74) is 5.65. The second-order valence-corrected chi connectivity index (χ2v) is 6.95. The van der Waals surface area contributed by atoms with Crippen LogP contribution in [0.3, 0.4) is 0 Å². The van der Waals surface area contributed by atoms with Crippen molar-refractivity contribution in [3.8, 4) is 0 Å². The highest BCUT2D eigenvalue weighted by Gasteiger charge is 2.29. The van der Waals surface area contributed by atoms with Crippen LogP contribution >= 0.6 is 0 Å². The first kappa shape index (κ1) is 15.8. The lowest BCUT2D eigenvalue weighted by Crippen LogP contribution is -2.45. The Bertz CT molecular complexity index is 621. The third-order valence-corrected chi connectivity index (χ3v) is 4.70. The van der Waals surface area contributed by atoms with Crippen molar-refractivity contribution in [2.24, 2.45) is 0 Å². The normalized spacial score (nSPS) is 16.7. The second kappa shape index (κ2) is 6.02. The zero-order valence-electron chi connectivity index (χ0n) is 12.2. The van der Waals surface area contributed by atoms with E-state index in [1.807, 2.05) is 6.92 Å². The lowest BCUT2D eigenvalue weighted by Gasteiger charge is -2.13. The molecule has 0 aliphatic heterocycles. The van der Waals surface area contributed by atoms with Crippen molar-refractivity contribution in [2.75, 3.05) is 5.73 Å². The molecule has 1 aliphatic rings. The molecule has 0 bridgehead atoms. The Morgan fingerprint density at radius 3 is 2.81 bits per heavy atom. The lowest BCUT2D eigenvalue weighted by atomic mass is 10.3. The molecule has 1 aromatic heterocycles. The van der Waals surface area contributed by atoms with Gasteiger partial charge >= 0.3 is 0 Å². The van der Waals surface area contributed by atoms with Gasteiger partial charge in [0.25, 0.3) is 0 Å². The molecule has 1 atom stereocenters. The number of hydrogen-bond acceptors (Lipinski definition) is 5. The molecule has 1 saturated carbocycles. The third kappa shape index (κ3) is 3.94. The van der Waals surface area contributed by atoms with Crippen LogP contribution in [-0.2, 0) is 21.4 Å². The number of anilines is 1. The van der Waals surface area contributed by atoms with Crippen LogP contribution in [0.15, 0.2) is 11.1 Å². The van der Waals surface area contributed by atoms with E-state index in [4.69, 9.17) is 5.73 Å². The van der Waals surface area contributed by atoms with Crippen molar-refractivity contribution in [2.45, 2.75) is 56.6 Å². The van der Waals surface area contributed by atoms with Gasteiger partial charge in [-0.3, -0.25) is 9.48 Å². The minimum Gasteiger partial charge on any atom is -0.381 e. The Balaban J connectivity index is 2.08. The number of aryl methyl sites for hydroxylation is 1. The molecule has 4 N–H and O–H groups in total. The summed E-state index contributed by atoms with van der Waals surface area (Å²) < 4.78 is 28.3. The van der Waals surface area contributed by atoms with Gasteiger partial charge in [0.05, 0.1) is 6.04 Å². The molecule has 1 amide bonds. The average Bonchev–Trinajstić information content (AvgIpc) is 3.11. The Kier molecular flexibility index (Phi) is 4.52. The highest BCUT2D eigenvalue weighted by molar-refractivity contribution is 7.89. The molecule has 1 fully saturated rings. The smallest absolute Gasteiger partial charge is 0.246 e. The SMILES string of the molecule is CCCn1cc(S(=O)(=O)NC(C)C(=O)NC2CC2)c(N)n1. The average molecular weight is 315 g/mol. The fraction of sp³-hybridized carbons (Fsp3) is 0.667. The van der Waals surface area contributed by atoms with E-state index < -0.39 is 16.1 Å². The Hall–Kier alpha value is -1.61. The highest BCUT2D eigenvalue weighted by Crippen LogP contribution is 2.19. The number of hydrogen-bond donors (Lipinski definition) is 3. The maximum atomic E-state index is 12.3. The van der Waals surface area contributed by atoms with E-state index in [1.54, 1.807) is 0 Å².